The van der Waals surface area contributed by atoms with Crippen LogP contribution in [0.2, 0.25) is 0 Å². The zero-order valence-corrected chi connectivity index (χ0v) is 10.1. The summed E-state index contributed by atoms with van der Waals surface area (Å²) in [7, 11) is 1.40. The summed E-state index contributed by atoms with van der Waals surface area (Å²) in [5.41, 5.74) is 2.03. The number of carbonyl (C=O) groups excluding carboxylic acids is 1. The smallest absolute Gasteiger partial charge is 0.310 e. The summed E-state index contributed by atoms with van der Waals surface area (Å²) in [5.74, 6) is -0.234. The maximum atomic E-state index is 11.4. The molecule has 0 saturated heterocycles. The highest BCUT2D eigenvalue weighted by molar-refractivity contribution is 8.00. The van der Waals surface area contributed by atoms with Gasteiger partial charge in [0.2, 0.25) is 0 Å². The summed E-state index contributed by atoms with van der Waals surface area (Å²) in [6.07, 6.45) is 2.23. The maximum Gasteiger partial charge on any atom is 0.310 e. The van der Waals surface area contributed by atoms with Crippen LogP contribution in [0.5, 0.6) is 0 Å². The largest absolute Gasteiger partial charge is 0.469 e. The molecule has 0 radical (unpaired) electrons. The molecule has 1 aromatic carbocycles. The fourth-order valence-corrected chi connectivity index (χ4v) is 2.39. The molecule has 2 rings (SSSR count). The molecule has 0 unspecified atom stereocenters. The number of hydrogen-bond donors (Lipinski definition) is 2. The van der Waals surface area contributed by atoms with E-state index in [9.17, 15) is 4.79 Å². The van der Waals surface area contributed by atoms with Gasteiger partial charge < -0.3 is 15.4 Å². The lowest BCUT2D eigenvalue weighted by molar-refractivity contribution is -0.140. The van der Waals surface area contributed by atoms with Gasteiger partial charge in [-0.1, -0.05) is 12.1 Å². The summed E-state index contributed by atoms with van der Waals surface area (Å²) in [6.45, 7) is 0. The number of ether oxygens (including phenoxy) is 1. The predicted molar refractivity (Wildman–Crippen MR) is 66.6 cm³/mol. The third-order valence-corrected chi connectivity index (χ3v) is 3.62. The fraction of sp³-hybridized carbons (Fsp3) is 0.364. The molecule has 5 heteroatoms. The molecule has 16 heavy (non-hydrogen) atoms. The first-order chi connectivity index (χ1) is 7.69. The third kappa shape index (κ3) is 1.95. The van der Waals surface area contributed by atoms with Crippen LogP contribution >= 0.6 is 11.8 Å². The Hall–Kier alpha value is -1.36. The number of esters is 1. The van der Waals surface area contributed by atoms with Gasteiger partial charge in [0.05, 0.1) is 24.9 Å². The lowest BCUT2D eigenvalue weighted by atomic mass is 10.3. The van der Waals surface area contributed by atoms with Crippen molar-refractivity contribution in [2.45, 2.75) is 11.4 Å². The van der Waals surface area contributed by atoms with Gasteiger partial charge in [-0.3, -0.25) is 4.79 Å². The minimum absolute atomic E-state index is 0.234. The monoisotopic (exact) mass is 238 g/mol. The summed E-state index contributed by atoms with van der Waals surface area (Å²) in [5, 5.41) is 6.63. The van der Waals surface area contributed by atoms with Crippen molar-refractivity contribution in [2.24, 2.45) is 0 Å². The molecule has 0 aromatic heterocycles. The highest BCUT2D eigenvalue weighted by Crippen LogP contribution is 2.40. The van der Waals surface area contributed by atoms with E-state index in [4.69, 9.17) is 4.74 Å². The van der Waals surface area contributed by atoms with E-state index in [1.165, 1.54) is 7.11 Å². The van der Waals surface area contributed by atoms with Crippen molar-refractivity contribution >= 4 is 29.1 Å². The molecule has 1 aliphatic rings. The second kappa shape index (κ2) is 4.25. The molecule has 1 aromatic rings. The topological polar surface area (TPSA) is 50.4 Å². The van der Waals surface area contributed by atoms with Crippen LogP contribution in [-0.4, -0.2) is 24.3 Å². The zero-order valence-electron chi connectivity index (χ0n) is 9.24. The lowest BCUT2D eigenvalue weighted by Gasteiger charge is -2.27. The first-order valence-electron chi connectivity index (χ1n) is 4.96. The predicted octanol–water partition coefficient (Wildman–Crippen LogP) is 2.10. The highest BCUT2D eigenvalue weighted by Gasteiger charge is 2.37. The van der Waals surface area contributed by atoms with Crippen molar-refractivity contribution in [2.75, 3.05) is 24.0 Å². The van der Waals surface area contributed by atoms with Crippen LogP contribution in [0.4, 0.5) is 11.4 Å². The summed E-state index contributed by atoms with van der Waals surface area (Å²) in [6, 6.07) is 7.89. The normalized spacial score (nSPS) is 15.9. The molecular weight excluding hydrogens is 224 g/mol. The quantitative estimate of drug-likeness (QED) is 0.790. The molecule has 0 spiro atoms. The summed E-state index contributed by atoms with van der Waals surface area (Å²) in [4.78, 5) is 10.9. The Morgan fingerprint density at radius 2 is 1.94 bits per heavy atom. The number of thioether (sulfide) groups is 1. The standard InChI is InChI=1S/C11H14N2O2S/c1-15-10(14)7-11(16-2)12-8-5-3-4-6-9(8)13-11/h3-6,12-13H,7H2,1-2H3. The van der Waals surface area contributed by atoms with E-state index in [-0.39, 0.29) is 12.4 Å². The Morgan fingerprint density at radius 1 is 1.38 bits per heavy atom. The molecule has 2 N–H and O–H groups in total. The highest BCUT2D eigenvalue weighted by atomic mass is 32.2. The van der Waals surface area contributed by atoms with Gasteiger partial charge in [-0.05, 0) is 18.4 Å². The third-order valence-electron chi connectivity index (χ3n) is 2.57. The van der Waals surface area contributed by atoms with Crippen LogP contribution in [0.15, 0.2) is 24.3 Å². The van der Waals surface area contributed by atoms with Crippen molar-refractivity contribution in [3.63, 3.8) is 0 Å². The van der Waals surface area contributed by atoms with E-state index in [0.717, 1.165) is 11.4 Å². The molecule has 0 atom stereocenters. The number of anilines is 2. The van der Waals surface area contributed by atoms with E-state index >= 15 is 0 Å². The molecule has 4 nitrogen and oxygen atoms in total. The van der Waals surface area contributed by atoms with Crippen LogP contribution in [-0.2, 0) is 9.53 Å². The molecule has 0 amide bonds. The van der Waals surface area contributed by atoms with Crippen molar-refractivity contribution in [3.8, 4) is 0 Å². The average Bonchev–Trinajstić information content (AvgIpc) is 2.67. The number of rotatable bonds is 3. The van der Waals surface area contributed by atoms with Crippen LogP contribution in [0.1, 0.15) is 6.42 Å². The van der Waals surface area contributed by atoms with Crippen LogP contribution < -0.4 is 10.6 Å². The number of benzene rings is 1. The number of carbonyl (C=O) groups is 1. The van der Waals surface area contributed by atoms with Crippen LogP contribution in [0.25, 0.3) is 0 Å². The van der Waals surface area contributed by atoms with Gasteiger partial charge in [-0.25, -0.2) is 0 Å². The van der Waals surface area contributed by atoms with E-state index < -0.39 is 4.99 Å². The Morgan fingerprint density at radius 3 is 2.38 bits per heavy atom. The number of methoxy groups -OCH3 is 1. The second-order valence-electron chi connectivity index (χ2n) is 3.58. The van der Waals surface area contributed by atoms with Gasteiger partial charge in [0.1, 0.15) is 0 Å². The first-order valence-corrected chi connectivity index (χ1v) is 6.19. The van der Waals surface area contributed by atoms with Gasteiger partial charge in [-0.15, -0.1) is 11.8 Å². The Labute approximate surface area is 98.7 Å². The molecule has 0 aliphatic carbocycles. The number of nitrogens with one attached hydrogen (secondary N) is 2. The van der Waals surface area contributed by atoms with Gasteiger partial charge >= 0.3 is 5.97 Å². The van der Waals surface area contributed by atoms with Crippen molar-refractivity contribution in [3.05, 3.63) is 24.3 Å². The molecule has 0 fully saturated rings. The maximum absolute atomic E-state index is 11.4. The summed E-state index contributed by atoms with van der Waals surface area (Å²) >= 11 is 1.56. The van der Waals surface area contributed by atoms with Crippen molar-refractivity contribution in [1.29, 1.82) is 0 Å². The van der Waals surface area contributed by atoms with E-state index in [0.29, 0.717) is 0 Å². The van der Waals surface area contributed by atoms with Gasteiger partial charge in [-0.2, -0.15) is 0 Å². The second-order valence-corrected chi connectivity index (χ2v) is 4.68. The van der Waals surface area contributed by atoms with E-state index in [1.807, 2.05) is 30.5 Å². The van der Waals surface area contributed by atoms with Gasteiger partial charge in [0.15, 0.2) is 4.99 Å². The molecule has 0 bridgehead atoms. The molecular formula is C11H14N2O2S. The van der Waals surface area contributed by atoms with Crippen molar-refractivity contribution < 1.29 is 9.53 Å². The van der Waals surface area contributed by atoms with Crippen molar-refractivity contribution in [1.82, 2.24) is 0 Å². The molecule has 1 aliphatic heterocycles. The average molecular weight is 238 g/mol. The fourth-order valence-electron chi connectivity index (χ4n) is 1.71. The Kier molecular flexibility index (Phi) is 2.96. The van der Waals surface area contributed by atoms with E-state index in [1.54, 1.807) is 11.8 Å². The molecule has 0 saturated carbocycles. The van der Waals surface area contributed by atoms with Crippen LogP contribution in [0.3, 0.4) is 0 Å². The minimum atomic E-state index is -0.489. The SMILES string of the molecule is COC(=O)CC1(SC)Nc2ccccc2N1. The van der Waals surface area contributed by atoms with Crippen LogP contribution in [0, 0.1) is 0 Å². The van der Waals surface area contributed by atoms with Gasteiger partial charge in [0.25, 0.3) is 0 Å². The number of hydrogen-bond acceptors (Lipinski definition) is 5. The first kappa shape index (κ1) is 11.1. The zero-order chi connectivity index (χ0) is 11.6. The molecule has 1 heterocycles. The lowest BCUT2D eigenvalue weighted by Crippen LogP contribution is -2.40. The number of fused-ring (bicyclic) bond motifs is 1. The minimum Gasteiger partial charge on any atom is -0.469 e. The summed E-state index contributed by atoms with van der Waals surface area (Å²) < 4.78 is 4.71. The number of para-hydroxylation sites is 2. The Bertz CT molecular complexity index is 384. The molecule has 86 valence electrons. The van der Waals surface area contributed by atoms with Gasteiger partial charge in [0, 0.05) is 0 Å². The Balaban J connectivity index is 2.19. The van der Waals surface area contributed by atoms with E-state index in [2.05, 4.69) is 10.6 Å².